The van der Waals surface area contributed by atoms with Gasteiger partial charge in [-0.3, -0.25) is 11.3 Å². The Labute approximate surface area is 83.1 Å². The summed E-state index contributed by atoms with van der Waals surface area (Å²) >= 11 is 1.74. The highest BCUT2D eigenvalue weighted by Crippen LogP contribution is 2.21. The number of nitrogens with one attached hydrogen (secondary N) is 1. The van der Waals surface area contributed by atoms with Gasteiger partial charge in [-0.1, -0.05) is 0 Å². The molecule has 0 radical (unpaired) electrons. The van der Waals surface area contributed by atoms with Crippen molar-refractivity contribution in [2.75, 3.05) is 0 Å². The highest BCUT2D eigenvalue weighted by atomic mass is 32.1. The Balaban J connectivity index is 2.70. The monoisotopic (exact) mass is 194 g/mol. The van der Waals surface area contributed by atoms with Gasteiger partial charge in [0.1, 0.15) is 0 Å². The number of rotatable bonds is 3. The molecule has 0 fully saturated rings. The molecule has 0 bridgehead atoms. The van der Waals surface area contributed by atoms with E-state index in [2.05, 4.69) is 35.6 Å². The van der Waals surface area contributed by atoms with Crippen LogP contribution in [0.3, 0.4) is 0 Å². The van der Waals surface area contributed by atoms with Gasteiger partial charge in [-0.2, -0.15) is 0 Å². The van der Waals surface area contributed by atoms with E-state index in [1.165, 1.54) is 10.4 Å². The summed E-state index contributed by atoms with van der Waals surface area (Å²) < 4.78 is 0. The number of hydrogen-bond acceptors (Lipinski definition) is 3. The first kappa shape index (κ1) is 10.3. The standard InChI is InChI=1S/C10H14N2S/c1-3-4-5-10(12-11)9-6-8(2)13-7-9/h6-7,10,12H,5,11H2,1-2H3. The molecule has 3 heteroatoms. The van der Waals surface area contributed by atoms with Crippen LogP contribution in [0, 0.1) is 18.8 Å². The van der Waals surface area contributed by atoms with E-state index < -0.39 is 0 Å². The molecule has 1 atom stereocenters. The molecule has 1 aromatic heterocycles. The minimum atomic E-state index is 0.164. The molecule has 3 N–H and O–H groups in total. The summed E-state index contributed by atoms with van der Waals surface area (Å²) in [5.74, 6) is 11.3. The molecule has 0 aliphatic carbocycles. The van der Waals surface area contributed by atoms with Gasteiger partial charge in [0.2, 0.25) is 0 Å². The van der Waals surface area contributed by atoms with Crippen LogP contribution in [-0.2, 0) is 0 Å². The molecule has 70 valence electrons. The van der Waals surface area contributed by atoms with Crippen molar-refractivity contribution >= 4 is 11.3 Å². The fraction of sp³-hybridized carbons (Fsp3) is 0.400. The quantitative estimate of drug-likeness (QED) is 0.438. The van der Waals surface area contributed by atoms with Crippen LogP contribution in [0.25, 0.3) is 0 Å². The highest BCUT2D eigenvalue weighted by molar-refractivity contribution is 7.10. The van der Waals surface area contributed by atoms with Crippen LogP contribution in [0.2, 0.25) is 0 Å². The highest BCUT2D eigenvalue weighted by Gasteiger charge is 2.08. The summed E-state index contributed by atoms with van der Waals surface area (Å²) in [5, 5.41) is 2.12. The average Bonchev–Trinajstić information content (AvgIpc) is 2.54. The molecule has 0 aromatic carbocycles. The third-order valence-electron chi connectivity index (χ3n) is 1.84. The van der Waals surface area contributed by atoms with Gasteiger partial charge in [-0.05, 0) is 30.9 Å². The van der Waals surface area contributed by atoms with Crippen molar-refractivity contribution in [2.45, 2.75) is 26.3 Å². The fourth-order valence-corrected chi connectivity index (χ4v) is 1.88. The van der Waals surface area contributed by atoms with E-state index in [-0.39, 0.29) is 6.04 Å². The zero-order valence-electron chi connectivity index (χ0n) is 7.92. The van der Waals surface area contributed by atoms with Crippen LogP contribution in [0.5, 0.6) is 0 Å². The van der Waals surface area contributed by atoms with Crippen LogP contribution in [0.4, 0.5) is 0 Å². The second kappa shape index (κ2) is 5.03. The normalized spacial score (nSPS) is 11.9. The van der Waals surface area contributed by atoms with Crippen molar-refractivity contribution in [1.29, 1.82) is 0 Å². The lowest BCUT2D eigenvalue weighted by Crippen LogP contribution is -2.27. The lowest BCUT2D eigenvalue weighted by atomic mass is 10.1. The lowest BCUT2D eigenvalue weighted by molar-refractivity contribution is 0.569. The second-order valence-electron chi connectivity index (χ2n) is 2.84. The van der Waals surface area contributed by atoms with Crippen molar-refractivity contribution in [3.8, 4) is 11.8 Å². The summed E-state index contributed by atoms with van der Waals surface area (Å²) in [6, 6.07) is 2.31. The van der Waals surface area contributed by atoms with E-state index in [9.17, 15) is 0 Å². The first-order valence-electron chi connectivity index (χ1n) is 4.18. The summed E-state index contributed by atoms with van der Waals surface area (Å²) in [6.07, 6.45) is 0.767. The van der Waals surface area contributed by atoms with Gasteiger partial charge in [-0.25, -0.2) is 0 Å². The maximum atomic E-state index is 5.44. The largest absolute Gasteiger partial charge is 0.271 e. The average molecular weight is 194 g/mol. The number of hydrogen-bond donors (Lipinski definition) is 2. The molecular formula is C10H14N2S. The van der Waals surface area contributed by atoms with E-state index in [1.807, 2.05) is 6.92 Å². The van der Waals surface area contributed by atoms with Crippen molar-refractivity contribution in [2.24, 2.45) is 5.84 Å². The molecule has 0 aliphatic rings. The van der Waals surface area contributed by atoms with Crippen LogP contribution < -0.4 is 11.3 Å². The summed E-state index contributed by atoms with van der Waals surface area (Å²) in [7, 11) is 0. The Bertz CT molecular complexity index is 319. The SMILES string of the molecule is CC#CCC(NN)c1csc(C)c1. The number of thiophene rings is 1. The van der Waals surface area contributed by atoms with Crippen LogP contribution >= 0.6 is 11.3 Å². The molecule has 1 rings (SSSR count). The third kappa shape index (κ3) is 2.85. The predicted molar refractivity (Wildman–Crippen MR) is 57.2 cm³/mol. The number of nitrogens with two attached hydrogens (primary N) is 1. The van der Waals surface area contributed by atoms with Crippen LogP contribution in [0.1, 0.15) is 29.8 Å². The summed E-state index contributed by atoms with van der Waals surface area (Å²) in [6.45, 7) is 3.93. The van der Waals surface area contributed by atoms with Crippen molar-refractivity contribution in [1.82, 2.24) is 5.43 Å². The van der Waals surface area contributed by atoms with Gasteiger partial charge in [0.15, 0.2) is 0 Å². The molecule has 0 amide bonds. The lowest BCUT2D eigenvalue weighted by Gasteiger charge is -2.10. The first-order chi connectivity index (χ1) is 6.27. The second-order valence-corrected chi connectivity index (χ2v) is 3.96. The molecule has 2 nitrogen and oxygen atoms in total. The molecule has 0 saturated carbocycles. The molecule has 1 aromatic rings. The summed E-state index contributed by atoms with van der Waals surface area (Å²) in [4.78, 5) is 1.31. The van der Waals surface area contributed by atoms with E-state index in [0.717, 1.165) is 6.42 Å². The van der Waals surface area contributed by atoms with Gasteiger partial charge in [0.05, 0.1) is 6.04 Å². The van der Waals surface area contributed by atoms with E-state index >= 15 is 0 Å². The predicted octanol–water partition coefficient (Wildman–Crippen LogP) is 1.97. The maximum Gasteiger partial charge on any atom is 0.0577 e. The van der Waals surface area contributed by atoms with E-state index in [4.69, 9.17) is 5.84 Å². The Morgan fingerprint density at radius 1 is 1.69 bits per heavy atom. The van der Waals surface area contributed by atoms with Crippen molar-refractivity contribution < 1.29 is 0 Å². The Kier molecular flexibility index (Phi) is 3.97. The molecule has 0 aliphatic heterocycles. The molecule has 0 saturated heterocycles. The van der Waals surface area contributed by atoms with Gasteiger partial charge in [0.25, 0.3) is 0 Å². The fourth-order valence-electron chi connectivity index (χ4n) is 1.12. The zero-order valence-corrected chi connectivity index (χ0v) is 8.74. The maximum absolute atomic E-state index is 5.44. The number of aryl methyl sites for hydroxylation is 1. The molecule has 1 unspecified atom stereocenters. The van der Waals surface area contributed by atoms with Crippen molar-refractivity contribution in [3.63, 3.8) is 0 Å². The minimum absolute atomic E-state index is 0.164. The smallest absolute Gasteiger partial charge is 0.0577 e. The van der Waals surface area contributed by atoms with Crippen molar-refractivity contribution in [3.05, 3.63) is 21.9 Å². The van der Waals surface area contributed by atoms with Crippen LogP contribution in [0.15, 0.2) is 11.4 Å². The van der Waals surface area contributed by atoms with Gasteiger partial charge >= 0.3 is 0 Å². The van der Waals surface area contributed by atoms with Gasteiger partial charge < -0.3 is 0 Å². The zero-order chi connectivity index (χ0) is 9.68. The Morgan fingerprint density at radius 2 is 2.46 bits per heavy atom. The molecular weight excluding hydrogens is 180 g/mol. The van der Waals surface area contributed by atoms with Gasteiger partial charge in [0, 0.05) is 11.3 Å². The van der Waals surface area contributed by atoms with Gasteiger partial charge in [-0.15, -0.1) is 23.2 Å². The molecule has 13 heavy (non-hydrogen) atoms. The third-order valence-corrected chi connectivity index (χ3v) is 2.72. The van der Waals surface area contributed by atoms with E-state index in [1.54, 1.807) is 11.3 Å². The Morgan fingerprint density at radius 3 is 2.92 bits per heavy atom. The minimum Gasteiger partial charge on any atom is -0.271 e. The van der Waals surface area contributed by atoms with Crippen LogP contribution in [-0.4, -0.2) is 0 Å². The Hall–Kier alpha value is -0.820. The first-order valence-corrected chi connectivity index (χ1v) is 5.06. The summed E-state index contributed by atoms with van der Waals surface area (Å²) in [5.41, 5.74) is 4.00. The molecule has 0 spiro atoms. The number of hydrazine groups is 1. The van der Waals surface area contributed by atoms with E-state index in [0.29, 0.717) is 0 Å². The topological polar surface area (TPSA) is 38.0 Å². The molecule has 1 heterocycles.